The maximum Gasteiger partial charge on any atom is 0.222 e. The van der Waals surface area contributed by atoms with E-state index >= 15 is 0 Å². The van der Waals surface area contributed by atoms with Gasteiger partial charge in [-0.25, -0.2) is 8.42 Å². The van der Waals surface area contributed by atoms with Gasteiger partial charge in [0.15, 0.2) is 9.84 Å². The first-order chi connectivity index (χ1) is 11.3. The third-order valence-corrected chi connectivity index (χ3v) is 6.04. The SMILES string of the molecule is CC(=O)N(CCC(=O)NC1CCS(=O)(=O)C1)Cc1ccccc1C. The van der Waals surface area contributed by atoms with Gasteiger partial charge in [0.2, 0.25) is 11.8 Å². The summed E-state index contributed by atoms with van der Waals surface area (Å²) < 4.78 is 22.8. The molecule has 0 radical (unpaired) electrons. The normalized spacial score (nSPS) is 19.0. The summed E-state index contributed by atoms with van der Waals surface area (Å²) >= 11 is 0. The fourth-order valence-corrected chi connectivity index (χ4v) is 4.46. The van der Waals surface area contributed by atoms with Crippen LogP contribution < -0.4 is 5.32 Å². The van der Waals surface area contributed by atoms with Crippen molar-refractivity contribution in [3.8, 4) is 0 Å². The van der Waals surface area contributed by atoms with Gasteiger partial charge in [-0.05, 0) is 24.5 Å². The van der Waals surface area contributed by atoms with Crippen molar-refractivity contribution in [2.24, 2.45) is 0 Å². The van der Waals surface area contributed by atoms with Crippen molar-refractivity contribution in [1.29, 1.82) is 0 Å². The van der Waals surface area contributed by atoms with Gasteiger partial charge in [0.1, 0.15) is 0 Å². The highest BCUT2D eigenvalue weighted by molar-refractivity contribution is 7.91. The molecule has 1 aliphatic rings. The number of nitrogens with zero attached hydrogens (tertiary/aromatic N) is 1. The molecule has 1 aliphatic heterocycles. The summed E-state index contributed by atoms with van der Waals surface area (Å²) in [6, 6.07) is 7.52. The van der Waals surface area contributed by atoms with E-state index in [4.69, 9.17) is 0 Å². The highest BCUT2D eigenvalue weighted by Crippen LogP contribution is 2.13. The van der Waals surface area contributed by atoms with Gasteiger partial charge in [-0.15, -0.1) is 0 Å². The largest absolute Gasteiger partial charge is 0.352 e. The highest BCUT2D eigenvalue weighted by Gasteiger charge is 2.28. The quantitative estimate of drug-likeness (QED) is 0.829. The Morgan fingerprint density at radius 1 is 1.29 bits per heavy atom. The van der Waals surface area contributed by atoms with Gasteiger partial charge in [0, 0.05) is 32.5 Å². The number of carbonyl (C=O) groups is 2. The zero-order valence-corrected chi connectivity index (χ0v) is 14.9. The molecule has 0 aromatic heterocycles. The molecule has 2 rings (SSSR count). The van der Waals surface area contributed by atoms with Crippen LogP contribution in [-0.2, 0) is 26.0 Å². The molecule has 0 aliphatic carbocycles. The number of hydrogen-bond donors (Lipinski definition) is 1. The van der Waals surface area contributed by atoms with Gasteiger partial charge in [0.05, 0.1) is 11.5 Å². The van der Waals surface area contributed by atoms with Crippen LogP contribution in [0, 0.1) is 6.92 Å². The molecule has 132 valence electrons. The first-order valence-corrected chi connectivity index (χ1v) is 9.89. The van der Waals surface area contributed by atoms with E-state index in [9.17, 15) is 18.0 Å². The molecular weight excluding hydrogens is 328 g/mol. The Morgan fingerprint density at radius 3 is 2.58 bits per heavy atom. The fourth-order valence-electron chi connectivity index (χ4n) is 2.79. The molecule has 1 atom stereocenters. The number of benzene rings is 1. The lowest BCUT2D eigenvalue weighted by Crippen LogP contribution is -2.38. The van der Waals surface area contributed by atoms with E-state index < -0.39 is 9.84 Å². The molecule has 1 unspecified atom stereocenters. The number of amides is 2. The van der Waals surface area contributed by atoms with Crippen LogP contribution in [0.15, 0.2) is 24.3 Å². The molecular formula is C17H24N2O4S. The first kappa shape index (κ1) is 18.4. The molecule has 1 aromatic carbocycles. The number of nitrogens with one attached hydrogen (secondary N) is 1. The van der Waals surface area contributed by atoms with Gasteiger partial charge in [-0.3, -0.25) is 9.59 Å². The number of hydrogen-bond acceptors (Lipinski definition) is 4. The summed E-state index contributed by atoms with van der Waals surface area (Å²) in [5.74, 6) is -0.161. The van der Waals surface area contributed by atoms with E-state index in [0.717, 1.165) is 11.1 Å². The lowest BCUT2D eigenvalue weighted by atomic mass is 10.1. The Labute approximate surface area is 143 Å². The second-order valence-corrected chi connectivity index (χ2v) is 8.51. The van der Waals surface area contributed by atoms with E-state index in [1.807, 2.05) is 31.2 Å². The van der Waals surface area contributed by atoms with Crippen LogP contribution in [0.2, 0.25) is 0 Å². The molecule has 1 fully saturated rings. The van der Waals surface area contributed by atoms with E-state index in [-0.39, 0.29) is 35.8 Å². The minimum atomic E-state index is -3.01. The van der Waals surface area contributed by atoms with Crippen molar-refractivity contribution >= 4 is 21.7 Å². The summed E-state index contributed by atoms with van der Waals surface area (Å²) in [5, 5.41) is 2.75. The van der Waals surface area contributed by atoms with Gasteiger partial charge < -0.3 is 10.2 Å². The minimum absolute atomic E-state index is 0.0123. The highest BCUT2D eigenvalue weighted by atomic mass is 32.2. The predicted octanol–water partition coefficient (Wildman–Crippen LogP) is 1.04. The molecule has 1 saturated heterocycles. The van der Waals surface area contributed by atoms with E-state index in [0.29, 0.717) is 19.5 Å². The van der Waals surface area contributed by atoms with Gasteiger partial charge >= 0.3 is 0 Å². The van der Waals surface area contributed by atoms with E-state index in [1.165, 1.54) is 6.92 Å². The average molecular weight is 352 g/mol. The monoisotopic (exact) mass is 352 g/mol. The summed E-state index contributed by atoms with van der Waals surface area (Å²) in [6.45, 7) is 4.25. The lowest BCUT2D eigenvalue weighted by molar-refractivity contribution is -0.130. The second-order valence-electron chi connectivity index (χ2n) is 6.28. The van der Waals surface area contributed by atoms with Crippen molar-refractivity contribution in [2.75, 3.05) is 18.1 Å². The molecule has 0 spiro atoms. The van der Waals surface area contributed by atoms with Crippen LogP contribution in [-0.4, -0.2) is 49.2 Å². The Balaban J connectivity index is 1.86. The summed E-state index contributed by atoms with van der Waals surface area (Å²) in [6.07, 6.45) is 0.635. The van der Waals surface area contributed by atoms with Crippen LogP contribution >= 0.6 is 0 Å². The third-order valence-electron chi connectivity index (χ3n) is 4.27. The Morgan fingerprint density at radius 2 is 2.00 bits per heavy atom. The predicted molar refractivity (Wildman–Crippen MR) is 92.1 cm³/mol. The van der Waals surface area contributed by atoms with Gasteiger partial charge in [-0.2, -0.15) is 0 Å². The standard InChI is InChI=1S/C17H24N2O4S/c1-13-5-3-4-6-15(13)11-19(14(2)20)9-7-17(21)18-16-8-10-24(22,23)12-16/h3-6,16H,7-12H2,1-2H3,(H,18,21). The second kappa shape index (κ2) is 7.79. The van der Waals surface area contributed by atoms with Gasteiger partial charge in [-0.1, -0.05) is 24.3 Å². The zero-order chi connectivity index (χ0) is 17.7. The van der Waals surface area contributed by atoms with Crippen LogP contribution in [0.1, 0.15) is 30.9 Å². The van der Waals surface area contributed by atoms with Crippen LogP contribution in [0.25, 0.3) is 0 Å². The topological polar surface area (TPSA) is 83.6 Å². The van der Waals surface area contributed by atoms with Crippen LogP contribution in [0.5, 0.6) is 0 Å². The van der Waals surface area contributed by atoms with Crippen molar-refractivity contribution in [2.45, 2.75) is 39.3 Å². The van der Waals surface area contributed by atoms with Crippen molar-refractivity contribution in [3.63, 3.8) is 0 Å². The Bertz CT molecular complexity index is 715. The molecule has 0 bridgehead atoms. The summed E-state index contributed by atoms with van der Waals surface area (Å²) in [4.78, 5) is 25.5. The Kier molecular flexibility index (Phi) is 5.99. The number of carbonyl (C=O) groups excluding carboxylic acids is 2. The molecule has 1 heterocycles. The minimum Gasteiger partial charge on any atom is -0.352 e. The van der Waals surface area contributed by atoms with Crippen molar-refractivity contribution in [1.82, 2.24) is 10.2 Å². The van der Waals surface area contributed by atoms with Crippen molar-refractivity contribution < 1.29 is 18.0 Å². The molecule has 0 saturated carbocycles. The molecule has 1 aromatic rings. The molecule has 24 heavy (non-hydrogen) atoms. The zero-order valence-electron chi connectivity index (χ0n) is 14.1. The first-order valence-electron chi connectivity index (χ1n) is 8.06. The van der Waals surface area contributed by atoms with Crippen LogP contribution in [0.3, 0.4) is 0 Å². The summed E-state index contributed by atoms with van der Waals surface area (Å²) in [5.41, 5.74) is 2.15. The maximum absolute atomic E-state index is 12.0. The Hall–Kier alpha value is -1.89. The fraction of sp³-hybridized carbons (Fsp3) is 0.529. The lowest BCUT2D eigenvalue weighted by Gasteiger charge is -2.22. The smallest absolute Gasteiger partial charge is 0.222 e. The number of aryl methyl sites for hydroxylation is 1. The number of sulfone groups is 1. The third kappa shape index (κ3) is 5.33. The molecule has 6 nitrogen and oxygen atoms in total. The van der Waals surface area contributed by atoms with E-state index in [2.05, 4.69) is 5.32 Å². The van der Waals surface area contributed by atoms with Gasteiger partial charge in [0.25, 0.3) is 0 Å². The van der Waals surface area contributed by atoms with Crippen LogP contribution in [0.4, 0.5) is 0 Å². The molecule has 1 N–H and O–H groups in total. The number of rotatable bonds is 6. The molecule has 2 amide bonds. The maximum atomic E-state index is 12.0. The average Bonchev–Trinajstić information content (AvgIpc) is 2.83. The molecule has 7 heteroatoms. The van der Waals surface area contributed by atoms with E-state index in [1.54, 1.807) is 4.90 Å². The van der Waals surface area contributed by atoms with Crippen molar-refractivity contribution in [3.05, 3.63) is 35.4 Å². The summed E-state index contributed by atoms with van der Waals surface area (Å²) in [7, 11) is -3.01.